The van der Waals surface area contributed by atoms with Crippen LogP contribution >= 0.6 is 0 Å². The van der Waals surface area contributed by atoms with E-state index in [2.05, 4.69) is 15.3 Å². The predicted molar refractivity (Wildman–Crippen MR) is 68.5 cm³/mol. The van der Waals surface area contributed by atoms with Crippen molar-refractivity contribution in [2.45, 2.75) is 19.4 Å². The normalized spacial score (nSPS) is 12.4. The van der Waals surface area contributed by atoms with E-state index >= 15 is 0 Å². The summed E-state index contributed by atoms with van der Waals surface area (Å²) in [4.78, 5) is 8.30. The highest BCUT2D eigenvalue weighted by atomic mass is 19.1. The highest BCUT2D eigenvalue weighted by Crippen LogP contribution is 2.20. The van der Waals surface area contributed by atoms with E-state index in [4.69, 9.17) is 0 Å². The third-order valence-electron chi connectivity index (χ3n) is 2.66. The van der Waals surface area contributed by atoms with Gasteiger partial charge in [-0.05, 0) is 36.7 Å². The molecule has 1 unspecified atom stereocenters. The van der Waals surface area contributed by atoms with Crippen LogP contribution in [0.15, 0.2) is 36.7 Å². The lowest BCUT2D eigenvalue weighted by Crippen LogP contribution is -2.25. The number of aromatic nitrogens is 2. The van der Waals surface area contributed by atoms with Gasteiger partial charge in [0.2, 0.25) is 0 Å². The first-order valence-corrected chi connectivity index (χ1v) is 6.17. The Labute approximate surface area is 110 Å². The third-order valence-corrected chi connectivity index (χ3v) is 2.66. The van der Waals surface area contributed by atoms with Gasteiger partial charge in [-0.2, -0.15) is 0 Å². The molecule has 2 rings (SSSR count). The molecule has 100 valence electrons. The van der Waals surface area contributed by atoms with Crippen LogP contribution in [0.25, 0.3) is 0 Å². The van der Waals surface area contributed by atoms with E-state index in [0.29, 0.717) is 17.9 Å². The van der Waals surface area contributed by atoms with Crippen molar-refractivity contribution in [3.8, 4) is 0 Å². The molecule has 0 bridgehead atoms. The van der Waals surface area contributed by atoms with E-state index in [9.17, 15) is 8.78 Å². The highest BCUT2D eigenvalue weighted by Gasteiger charge is 2.17. The molecule has 0 saturated heterocycles. The van der Waals surface area contributed by atoms with Gasteiger partial charge in [0.05, 0.1) is 6.04 Å². The van der Waals surface area contributed by atoms with Gasteiger partial charge in [0, 0.05) is 18.5 Å². The van der Waals surface area contributed by atoms with Gasteiger partial charge in [0.1, 0.15) is 17.5 Å². The third kappa shape index (κ3) is 3.54. The van der Waals surface area contributed by atoms with Gasteiger partial charge in [0.25, 0.3) is 0 Å². The SMILES string of the molecule is CCCNC(c1cc(F)cc(F)c1)c1ncccn1. The maximum atomic E-state index is 13.3. The first kappa shape index (κ1) is 13.5. The lowest BCUT2D eigenvalue weighted by Gasteiger charge is -2.17. The molecular weight excluding hydrogens is 248 g/mol. The van der Waals surface area contributed by atoms with Crippen molar-refractivity contribution >= 4 is 0 Å². The molecule has 1 aromatic heterocycles. The van der Waals surface area contributed by atoms with Gasteiger partial charge >= 0.3 is 0 Å². The zero-order valence-corrected chi connectivity index (χ0v) is 10.6. The monoisotopic (exact) mass is 263 g/mol. The van der Waals surface area contributed by atoms with Crippen molar-refractivity contribution in [1.29, 1.82) is 0 Å². The number of hydrogen-bond donors (Lipinski definition) is 1. The Morgan fingerprint density at radius 2 is 1.74 bits per heavy atom. The summed E-state index contributed by atoms with van der Waals surface area (Å²) in [5.41, 5.74) is 0.483. The summed E-state index contributed by atoms with van der Waals surface area (Å²) in [7, 11) is 0. The van der Waals surface area contributed by atoms with E-state index < -0.39 is 17.7 Å². The van der Waals surface area contributed by atoms with Crippen molar-refractivity contribution in [3.63, 3.8) is 0 Å². The maximum absolute atomic E-state index is 13.3. The summed E-state index contributed by atoms with van der Waals surface area (Å²) in [6.07, 6.45) is 4.12. The smallest absolute Gasteiger partial charge is 0.149 e. The number of nitrogens with zero attached hydrogens (tertiary/aromatic N) is 2. The van der Waals surface area contributed by atoms with Crippen LogP contribution in [0, 0.1) is 11.6 Å². The lowest BCUT2D eigenvalue weighted by atomic mass is 10.1. The summed E-state index contributed by atoms with van der Waals surface area (Å²) in [6.45, 7) is 2.73. The Morgan fingerprint density at radius 3 is 2.32 bits per heavy atom. The summed E-state index contributed by atoms with van der Waals surface area (Å²) in [6, 6.07) is 4.74. The fraction of sp³-hybridized carbons (Fsp3) is 0.286. The number of hydrogen-bond acceptors (Lipinski definition) is 3. The van der Waals surface area contributed by atoms with Crippen molar-refractivity contribution in [2.24, 2.45) is 0 Å². The Morgan fingerprint density at radius 1 is 1.11 bits per heavy atom. The van der Waals surface area contributed by atoms with E-state index in [0.717, 1.165) is 12.5 Å². The van der Waals surface area contributed by atoms with Crippen molar-refractivity contribution in [2.75, 3.05) is 6.54 Å². The predicted octanol–water partition coefficient (Wildman–Crippen LogP) is 2.84. The van der Waals surface area contributed by atoms with Gasteiger partial charge in [0.15, 0.2) is 0 Å². The molecule has 0 radical (unpaired) electrons. The average Bonchev–Trinajstić information content (AvgIpc) is 2.39. The minimum atomic E-state index is -0.603. The molecule has 0 amide bonds. The fourth-order valence-electron chi connectivity index (χ4n) is 1.85. The van der Waals surface area contributed by atoms with Crippen LogP contribution in [0.5, 0.6) is 0 Å². The molecule has 0 aliphatic heterocycles. The second-order valence-corrected chi connectivity index (χ2v) is 4.20. The molecular formula is C14H15F2N3. The van der Waals surface area contributed by atoms with Crippen molar-refractivity contribution in [1.82, 2.24) is 15.3 Å². The Bertz CT molecular complexity index is 511. The van der Waals surface area contributed by atoms with Crippen LogP contribution < -0.4 is 5.32 Å². The van der Waals surface area contributed by atoms with Crippen LogP contribution in [-0.4, -0.2) is 16.5 Å². The molecule has 0 spiro atoms. The molecule has 1 aromatic carbocycles. The lowest BCUT2D eigenvalue weighted by molar-refractivity contribution is 0.546. The first-order chi connectivity index (χ1) is 9.20. The molecule has 0 fully saturated rings. The molecule has 0 aliphatic carbocycles. The largest absolute Gasteiger partial charge is 0.304 e. The zero-order chi connectivity index (χ0) is 13.7. The zero-order valence-electron chi connectivity index (χ0n) is 10.6. The standard InChI is InChI=1S/C14H15F2N3/c1-2-4-17-13(14-18-5-3-6-19-14)10-7-11(15)9-12(16)8-10/h3,5-9,13,17H,2,4H2,1H3. The number of rotatable bonds is 5. The van der Waals surface area contributed by atoms with Gasteiger partial charge in [-0.1, -0.05) is 6.92 Å². The summed E-state index contributed by atoms with van der Waals surface area (Å²) in [5.74, 6) is -0.704. The van der Waals surface area contributed by atoms with Crippen LogP contribution in [0.1, 0.15) is 30.8 Å². The number of halogens is 2. The number of nitrogens with one attached hydrogen (secondary N) is 1. The Kier molecular flexibility index (Phi) is 4.52. The molecule has 19 heavy (non-hydrogen) atoms. The van der Waals surface area contributed by atoms with E-state index in [1.807, 2.05) is 6.92 Å². The molecule has 0 saturated carbocycles. The van der Waals surface area contributed by atoms with Crippen molar-refractivity contribution in [3.05, 3.63) is 59.7 Å². The quantitative estimate of drug-likeness (QED) is 0.901. The first-order valence-electron chi connectivity index (χ1n) is 6.17. The fourth-order valence-corrected chi connectivity index (χ4v) is 1.85. The van der Waals surface area contributed by atoms with Crippen LogP contribution in [0.2, 0.25) is 0 Å². The Hall–Kier alpha value is -1.88. The highest BCUT2D eigenvalue weighted by molar-refractivity contribution is 5.26. The average molecular weight is 263 g/mol. The molecule has 2 aromatic rings. The van der Waals surface area contributed by atoms with Gasteiger partial charge in [-0.15, -0.1) is 0 Å². The van der Waals surface area contributed by atoms with E-state index in [1.165, 1.54) is 12.1 Å². The minimum Gasteiger partial charge on any atom is -0.304 e. The molecule has 5 heteroatoms. The van der Waals surface area contributed by atoms with E-state index in [-0.39, 0.29) is 0 Å². The molecule has 1 atom stereocenters. The van der Waals surface area contributed by atoms with Crippen LogP contribution in [0.4, 0.5) is 8.78 Å². The maximum Gasteiger partial charge on any atom is 0.149 e. The summed E-state index contributed by atoms with van der Waals surface area (Å²) < 4.78 is 26.6. The molecule has 3 nitrogen and oxygen atoms in total. The van der Waals surface area contributed by atoms with Gasteiger partial charge < -0.3 is 5.32 Å². The minimum absolute atomic E-state index is 0.411. The van der Waals surface area contributed by atoms with E-state index in [1.54, 1.807) is 18.5 Å². The Balaban J connectivity index is 2.36. The van der Waals surface area contributed by atoms with Crippen molar-refractivity contribution < 1.29 is 8.78 Å². The topological polar surface area (TPSA) is 37.8 Å². The second-order valence-electron chi connectivity index (χ2n) is 4.20. The summed E-state index contributed by atoms with van der Waals surface area (Å²) in [5, 5.41) is 3.20. The van der Waals surface area contributed by atoms with Gasteiger partial charge in [-0.25, -0.2) is 18.7 Å². The van der Waals surface area contributed by atoms with Crippen LogP contribution in [0.3, 0.4) is 0 Å². The molecule has 1 N–H and O–H groups in total. The molecule has 1 heterocycles. The second kappa shape index (κ2) is 6.33. The molecule has 0 aliphatic rings. The summed E-state index contributed by atoms with van der Waals surface area (Å²) >= 11 is 0. The van der Waals surface area contributed by atoms with Gasteiger partial charge in [-0.3, -0.25) is 0 Å². The van der Waals surface area contributed by atoms with Crippen LogP contribution in [-0.2, 0) is 0 Å². The number of benzene rings is 1.